The van der Waals surface area contributed by atoms with Gasteiger partial charge in [0.2, 0.25) is 19.1 Å². The molecular formula is C22H25N7O4. The van der Waals surface area contributed by atoms with E-state index in [-0.39, 0.29) is 24.5 Å². The van der Waals surface area contributed by atoms with Crippen molar-refractivity contribution in [2.24, 2.45) is 0 Å². The summed E-state index contributed by atoms with van der Waals surface area (Å²) in [5, 5.41) is 22.3. The van der Waals surface area contributed by atoms with Crippen molar-refractivity contribution in [1.29, 1.82) is 1.43 Å². The zero-order chi connectivity index (χ0) is 23.8. The molecule has 0 unspecified atom stereocenters. The normalized spacial score (nSPS) is 11.5. The second-order valence-corrected chi connectivity index (χ2v) is 7.38. The van der Waals surface area contributed by atoms with E-state index in [9.17, 15) is 9.59 Å². The molecule has 4 aromatic rings. The van der Waals surface area contributed by atoms with Gasteiger partial charge in [-0.05, 0) is 24.6 Å². The topological polar surface area (TPSA) is 151 Å². The van der Waals surface area contributed by atoms with Crippen molar-refractivity contribution >= 4 is 22.5 Å². The minimum absolute atomic E-state index is 0.108. The van der Waals surface area contributed by atoms with Gasteiger partial charge >= 0.3 is 0 Å². The molecule has 0 aliphatic carbocycles. The molecule has 0 radical (unpaired) electrons. The third kappa shape index (κ3) is 5.44. The summed E-state index contributed by atoms with van der Waals surface area (Å²) in [6.45, 7) is 1.83. The number of carbonyl (C=O) groups is 1. The zero-order valence-electron chi connectivity index (χ0n) is 18.9. The van der Waals surface area contributed by atoms with Crippen molar-refractivity contribution < 1.29 is 14.4 Å². The van der Waals surface area contributed by atoms with Crippen LogP contribution in [0.1, 0.15) is 18.7 Å². The van der Waals surface area contributed by atoms with Gasteiger partial charge in [-0.1, -0.05) is 23.4 Å². The summed E-state index contributed by atoms with van der Waals surface area (Å²) >= 11 is 0. The highest BCUT2D eigenvalue weighted by Gasteiger charge is 2.13. The number of carbonyl (C=O) groups excluding carboxylic acids is 1. The Morgan fingerprint density at radius 1 is 1.21 bits per heavy atom. The number of rotatable bonds is 12. The van der Waals surface area contributed by atoms with Crippen LogP contribution in [0.3, 0.4) is 0 Å². The van der Waals surface area contributed by atoms with Gasteiger partial charge in [0.1, 0.15) is 0 Å². The van der Waals surface area contributed by atoms with Crippen molar-refractivity contribution in [3.63, 3.8) is 0 Å². The van der Waals surface area contributed by atoms with Crippen LogP contribution in [0, 0.1) is 0 Å². The fourth-order valence-corrected chi connectivity index (χ4v) is 3.45. The second kappa shape index (κ2) is 10.6. The number of aryl methyl sites for hydroxylation is 1. The van der Waals surface area contributed by atoms with Gasteiger partial charge in [-0.15, -0.1) is 0 Å². The van der Waals surface area contributed by atoms with E-state index >= 15 is 0 Å². The molecule has 172 valence electrons. The molecule has 11 nitrogen and oxygen atoms in total. The maximum absolute atomic E-state index is 12.2. The van der Waals surface area contributed by atoms with E-state index in [4.69, 9.17) is 5.95 Å². The van der Waals surface area contributed by atoms with Crippen LogP contribution in [-0.4, -0.2) is 57.0 Å². The van der Waals surface area contributed by atoms with Crippen LogP contribution in [0.5, 0.6) is 0 Å². The lowest BCUT2D eigenvalue weighted by atomic mass is 10.2. The number of aromatic nitrogens is 5. The lowest BCUT2D eigenvalue weighted by molar-refractivity contribution is -0.121. The molecule has 0 bridgehead atoms. The number of fused-ring (bicyclic) bond motifs is 1. The first-order chi connectivity index (χ1) is 16.7. The van der Waals surface area contributed by atoms with Crippen LogP contribution in [0.25, 0.3) is 22.3 Å². The summed E-state index contributed by atoms with van der Waals surface area (Å²) in [5.74, 6) is 1.31. The Hall–Kier alpha value is -3.99. The zero-order valence-corrected chi connectivity index (χ0v) is 17.9. The van der Waals surface area contributed by atoms with Gasteiger partial charge in [0.15, 0.2) is 5.82 Å². The maximum Gasteiger partial charge on any atom is 0.272 e. The Morgan fingerprint density at radius 2 is 2.09 bits per heavy atom. The number of nitrogens with one attached hydrogen (secondary N) is 3. The van der Waals surface area contributed by atoms with E-state index in [0.717, 1.165) is 11.1 Å². The van der Waals surface area contributed by atoms with Crippen LogP contribution in [0.2, 0.25) is 0 Å². The number of benzene rings is 1. The van der Waals surface area contributed by atoms with Gasteiger partial charge < -0.3 is 24.8 Å². The van der Waals surface area contributed by atoms with Gasteiger partial charge in [-0.3, -0.25) is 9.59 Å². The molecule has 33 heavy (non-hydrogen) atoms. The van der Waals surface area contributed by atoms with Crippen molar-refractivity contribution in [3.05, 3.63) is 58.8 Å². The van der Waals surface area contributed by atoms with Crippen molar-refractivity contribution in [2.45, 2.75) is 25.8 Å². The smallest absolute Gasteiger partial charge is 0.272 e. The molecule has 1 aromatic carbocycles. The highest BCUT2D eigenvalue weighted by atomic mass is 16.5. The highest BCUT2D eigenvalue weighted by Crippen LogP contribution is 2.18. The summed E-state index contributed by atoms with van der Waals surface area (Å²) in [6, 6.07) is 11.0. The summed E-state index contributed by atoms with van der Waals surface area (Å²) in [6.07, 6.45) is 3.10. The fraction of sp³-hybridized carbons (Fsp3) is 0.318. The van der Waals surface area contributed by atoms with Crippen LogP contribution in [-0.2, 0) is 17.8 Å². The van der Waals surface area contributed by atoms with Crippen molar-refractivity contribution in [1.82, 2.24) is 30.2 Å². The number of aliphatic hydroxyl groups excluding tert-OH is 1. The minimum atomic E-state index is -0.227. The Labute approximate surface area is 190 Å². The summed E-state index contributed by atoms with van der Waals surface area (Å²) in [4.78, 5) is 28.4. The maximum atomic E-state index is 12.2. The first-order valence-corrected chi connectivity index (χ1v) is 10.7. The standard InChI is InChI=1S/C22H25N7O4/c30-14-13-29-12-3-7-17(29)21-25-19(33-28-21)9-8-18(31)23-10-4-11-24-20-15-5-1-2-6-16(15)22(32)27-26-20/h1-3,5-7,12,30H,4,8-11,13-14H2,(H,23,31)(H,24,26)(H,27,32)/i30T. The van der Waals surface area contributed by atoms with Crippen LogP contribution in [0.4, 0.5) is 5.82 Å². The minimum Gasteiger partial charge on any atom is -0.395 e. The molecule has 3 aromatic heterocycles. The van der Waals surface area contributed by atoms with Gasteiger partial charge in [0.25, 0.3) is 5.56 Å². The molecular weight excluding hydrogens is 426 g/mol. The molecule has 3 heterocycles. The molecule has 0 saturated carbocycles. The van der Waals surface area contributed by atoms with Crippen molar-refractivity contribution in [3.8, 4) is 11.5 Å². The van der Waals surface area contributed by atoms with E-state index in [0.29, 0.717) is 55.4 Å². The Kier molecular flexibility index (Phi) is 6.68. The lowest BCUT2D eigenvalue weighted by Gasteiger charge is -2.08. The Bertz CT molecular complexity index is 1300. The number of aromatic amines is 1. The third-order valence-corrected chi connectivity index (χ3v) is 5.09. The molecule has 4 N–H and O–H groups in total. The first kappa shape index (κ1) is 20.9. The Morgan fingerprint density at radius 3 is 2.97 bits per heavy atom. The molecule has 0 spiro atoms. The van der Waals surface area contributed by atoms with Crippen LogP contribution >= 0.6 is 0 Å². The molecule has 0 fully saturated rings. The van der Waals surface area contributed by atoms with E-state index in [2.05, 4.69) is 36.1 Å². The van der Waals surface area contributed by atoms with Gasteiger partial charge in [0.05, 0.1) is 17.7 Å². The van der Waals surface area contributed by atoms with E-state index in [1.807, 2.05) is 35.0 Å². The summed E-state index contributed by atoms with van der Waals surface area (Å²) < 4.78 is 13.9. The average molecular weight is 453 g/mol. The van der Waals surface area contributed by atoms with E-state index in [1.54, 1.807) is 12.1 Å². The molecule has 0 saturated heterocycles. The monoisotopic (exact) mass is 453 g/mol. The Balaban J connectivity index is 1.19. The molecule has 11 heteroatoms. The van der Waals surface area contributed by atoms with E-state index < -0.39 is 0 Å². The molecule has 0 aliphatic heterocycles. The largest absolute Gasteiger partial charge is 0.395 e. The second-order valence-electron chi connectivity index (χ2n) is 7.38. The molecule has 4 rings (SSSR count). The van der Waals surface area contributed by atoms with Gasteiger partial charge in [0, 0.05) is 44.1 Å². The number of hydrogen-bond acceptors (Lipinski definition) is 8. The number of aliphatic hydroxyl groups is 1. The number of hydrogen-bond donors (Lipinski definition) is 4. The first-order valence-electron chi connectivity index (χ1n) is 11.1. The van der Waals surface area contributed by atoms with Crippen LogP contribution < -0.4 is 16.2 Å². The SMILES string of the molecule is [3H]OCCn1cccc1-c1noc(CCC(=O)NCCCNc2n[nH]c(=O)c3ccccc23)n1. The fourth-order valence-electron chi connectivity index (χ4n) is 3.45. The van der Waals surface area contributed by atoms with Gasteiger partial charge in [-0.2, -0.15) is 10.1 Å². The van der Waals surface area contributed by atoms with E-state index in [1.165, 1.54) is 0 Å². The lowest BCUT2D eigenvalue weighted by Crippen LogP contribution is -2.26. The summed E-state index contributed by atoms with van der Waals surface area (Å²) in [7, 11) is 0. The average Bonchev–Trinajstić information content (AvgIpc) is 3.52. The van der Waals surface area contributed by atoms with Gasteiger partial charge in [-0.25, -0.2) is 5.10 Å². The van der Waals surface area contributed by atoms with Crippen LogP contribution in [0.15, 0.2) is 51.9 Å². The number of amides is 1. The highest BCUT2D eigenvalue weighted by molar-refractivity contribution is 5.90. The third-order valence-electron chi connectivity index (χ3n) is 5.09. The van der Waals surface area contributed by atoms with Crippen molar-refractivity contribution in [2.75, 3.05) is 25.0 Å². The number of H-pyrrole nitrogens is 1. The predicted molar refractivity (Wildman–Crippen MR) is 122 cm³/mol. The number of anilines is 1. The molecule has 0 aliphatic rings. The molecule has 1 amide bonds. The number of nitrogens with zero attached hydrogens (tertiary/aromatic N) is 4. The molecule has 0 atom stereocenters. The predicted octanol–water partition coefficient (Wildman–Crippen LogP) is 1.32. The summed E-state index contributed by atoms with van der Waals surface area (Å²) in [5.41, 5.74) is 0.531. The quantitative estimate of drug-likeness (QED) is 0.235.